The third-order valence-corrected chi connectivity index (χ3v) is 2.26. The van der Waals surface area contributed by atoms with E-state index in [1.165, 1.54) is 17.6 Å². The molecule has 0 spiro atoms. The van der Waals surface area contributed by atoms with Crippen molar-refractivity contribution in [1.82, 2.24) is 5.43 Å². The minimum Gasteiger partial charge on any atom is -0.350 e. The average Bonchev–Trinajstić information content (AvgIpc) is 2.47. The fourth-order valence-electron chi connectivity index (χ4n) is 1.59. The van der Waals surface area contributed by atoms with Crippen molar-refractivity contribution >= 4 is 11.7 Å². The van der Waals surface area contributed by atoms with E-state index in [1.54, 1.807) is 0 Å². The topological polar surface area (TPSA) is 67.5 Å². The lowest BCUT2D eigenvalue weighted by atomic mass is 10.1. The van der Waals surface area contributed by atoms with Gasteiger partial charge in [0, 0.05) is 0 Å². The van der Waals surface area contributed by atoms with Crippen molar-refractivity contribution in [3.63, 3.8) is 0 Å². The van der Waals surface area contributed by atoms with Gasteiger partial charge in [-0.25, -0.2) is 10.2 Å². The van der Waals surface area contributed by atoms with Gasteiger partial charge in [0.2, 0.25) is 0 Å². The highest BCUT2D eigenvalue weighted by atomic mass is 16.2. The van der Waals surface area contributed by atoms with Gasteiger partial charge in [-0.3, -0.25) is 0 Å². The lowest BCUT2D eigenvalue weighted by molar-refractivity contribution is 0.249. The molecule has 0 aromatic heterocycles. The summed E-state index contributed by atoms with van der Waals surface area (Å²) in [6.07, 6.45) is 3.38. The van der Waals surface area contributed by atoms with Crippen LogP contribution < -0.4 is 11.2 Å². The van der Waals surface area contributed by atoms with Crippen molar-refractivity contribution in [2.24, 2.45) is 10.8 Å². The largest absolute Gasteiger partial charge is 0.350 e. The first kappa shape index (κ1) is 9.77. The van der Waals surface area contributed by atoms with Crippen LogP contribution in [0.1, 0.15) is 33.1 Å². The summed E-state index contributed by atoms with van der Waals surface area (Å²) in [7, 11) is 0. The molecule has 72 valence electrons. The van der Waals surface area contributed by atoms with Gasteiger partial charge in [0.25, 0.3) is 0 Å². The molecule has 3 N–H and O–H groups in total. The smallest absolute Gasteiger partial charge is 0.332 e. The fourth-order valence-corrected chi connectivity index (χ4v) is 1.59. The van der Waals surface area contributed by atoms with E-state index in [-0.39, 0.29) is 0 Å². The molecule has 0 radical (unpaired) electrons. The third kappa shape index (κ3) is 2.57. The number of hydrazone groups is 1. The van der Waals surface area contributed by atoms with E-state index in [9.17, 15) is 4.79 Å². The molecule has 0 atom stereocenters. The van der Waals surface area contributed by atoms with E-state index >= 15 is 0 Å². The predicted molar refractivity (Wildman–Crippen MR) is 52.4 cm³/mol. The number of allylic oxidation sites excluding steroid dienone is 2. The first-order valence-corrected chi connectivity index (χ1v) is 4.40. The van der Waals surface area contributed by atoms with Crippen LogP contribution in [0.15, 0.2) is 16.2 Å². The van der Waals surface area contributed by atoms with E-state index in [1.807, 2.05) is 6.92 Å². The summed E-state index contributed by atoms with van der Waals surface area (Å²) in [6, 6.07) is -0.615. The summed E-state index contributed by atoms with van der Waals surface area (Å²) in [5.41, 5.74) is 10.6. The van der Waals surface area contributed by atoms with E-state index in [2.05, 4.69) is 17.5 Å². The molecule has 4 heteroatoms. The van der Waals surface area contributed by atoms with Gasteiger partial charge in [0.1, 0.15) is 0 Å². The van der Waals surface area contributed by atoms with Crippen molar-refractivity contribution < 1.29 is 4.79 Å². The second-order valence-corrected chi connectivity index (χ2v) is 3.29. The van der Waals surface area contributed by atoms with E-state index in [4.69, 9.17) is 5.73 Å². The van der Waals surface area contributed by atoms with E-state index in [0.29, 0.717) is 0 Å². The molecule has 0 unspecified atom stereocenters. The zero-order chi connectivity index (χ0) is 9.84. The van der Waals surface area contributed by atoms with Gasteiger partial charge >= 0.3 is 6.03 Å². The van der Waals surface area contributed by atoms with Crippen LogP contribution in [0.5, 0.6) is 0 Å². The van der Waals surface area contributed by atoms with Gasteiger partial charge in [-0.1, -0.05) is 5.57 Å². The number of nitrogens with two attached hydrogens (primary N) is 1. The molecule has 0 saturated carbocycles. The number of hydrogen-bond donors (Lipinski definition) is 2. The second kappa shape index (κ2) is 4.07. The first-order valence-electron chi connectivity index (χ1n) is 4.40. The number of carbonyl (C=O) groups is 1. The molecule has 4 nitrogen and oxygen atoms in total. The molecule has 13 heavy (non-hydrogen) atoms. The average molecular weight is 181 g/mol. The Morgan fingerprint density at radius 3 is 2.69 bits per heavy atom. The Morgan fingerprint density at radius 2 is 2.23 bits per heavy atom. The van der Waals surface area contributed by atoms with Gasteiger partial charge in [-0.05, 0) is 38.7 Å². The van der Waals surface area contributed by atoms with Gasteiger partial charge in [-0.2, -0.15) is 5.10 Å². The number of carbonyl (C=O) groups excluding carboxylic acids is 1. The molecule has 1 aliphatic rings. The van der Waals surface area contributed by atoms with E-state index in [0.717, 1.165) is 18.6 Å². The lowest BCUT2D eigenvalue weighted by Gasteiger charge is -2.02. The molecule has 0 aromatic rings. The number of rotatable bonds is 2. The molecule has 0 bridgehead atoms. The molecule has 0 aromatic carbocycles. The molecule has 0 heterocycles. The zero-order valence-electron chi connectivity index (χ0n) is 8.05. The molecular weight excluding hydrogens is 166 g/mol. The molecule has 0 aliphatic heterocycles. The van der Waals surface area contributed by atoms with Crippen LogP contribution in [0.25, 0.3) is 0 Å². The minimum atomic E-state index is -0.615. The predicted octanol–water partition coefficient (Wildman–Crippen LogP) is 1.53. The number of nitrogens with one attached hydrogen (secondary N) is 1. The number of urea groups is 1. The van der Waals surface area contributed by atoms with Crippen LogP contribution in [0.3, 0.4) is 0 Å². The first-order chi connectivity index (χ1) is 6.11. The zero-order valence-corrected chi connectivity index (χ0v) is 8.05. The maximum absolute atomic E-state index is 10.4. The van der Waals surface area contributed by atoms with Gasteiger partial charge < -0.3 is 5.73 Å². The van der Waals surface area contributed by atoms with Crippen LogP contribution >= 0.6 is 0 Å². The molecule has 0 saturated heterocycles. The highest BCUT2D eigenvalue weighted by Crippen LogP contribution is 2.26. The van der Waals surface area contributed by atoms with Crippen molar-refractivity contribution in [1.29, 1.82) is 0 Å². The van der Waals surface area contributed by atoms with Crippen LogP contribution in [0.2, 0.25) is 0 Å². The second-order valence-electron chi connectivity index (χ2n) is 3.29. The van der Waals surface area contributed by atoms with Gasteiger partial charge in [-0.15, -0.1) is 0 Å². The monoisotopic (exact) mass is 181 g/mol. The Labute approximate surface area is 77.9 Å². The summed E-state index contributed by atoms with van der Waals surface area (Å²) < 4.78 is 0. The van der Waals surface area contributed by atoms with Crippen molar-refractivity contribution in [2.45, 2.75) is 33.1 Å². The summed E-state index contributed by atoms with van der Waals surface area (Å²) in [4.78, 5) is 10.4. The molecule has 2 amide bonds. The Morgan fingerprint density at radius 1 is 1.54 bits per heavy atom. The Kier molecular flexibility index (Phi) is 3.06. The quantitative estimate of drug-likeness (QED) is 0.492. The van der Waals surface area contributed by atoms with Crippen LogP contribution in [-0.2, 0) is 0 Å². The number of hydrogen-bond acceptors (Lipinski definition) is 2. The summed E-state index contributed by atoms with van der Waals surface area (Å²) in [5, 5.41) is 3.89. The van der Waals surface area contributed by atoms with Crippen LogP contribution in [-0.4, -0.2) is 11.7 Å². The van der Waals surface area contributed by atoms with Crippen molar-refractivity contribution in [3.8, 4) is 0 Å². The molecule has 0 fully saturated rings. The number of nitrogens with zero attached hydrogens (tertiary/aromatic N) is 1. The Balaban J connectivity index is 2.66. The summed E-state index contributed by atoms with van der Waals surface area (Å²) >= 11 is 0. The number of amides is 2. The van der Waals surface area contributed by atoms with Gasteiger partial charge in [0.15, 0.2) is 0 Å². The third-order valence-electron chi connectivity index (χ3n) is 2.26. The van der Waals surface area contributed by atoms with Crippen LogP contribution in [0, 0.1) is 0 Å². The Hall–Kier alpha value is -1.32. The van der Waals surface area contributed by atoms with Gasteiger partial charge in [0.05, 0.1) is 5.71 Å². The maximum Gasteiger partial charge on any atom is 0.332 e. The van der Waals surface area contributed by atoms with Crippen molar-refractivity contribution in [3.05, 3.63) is 11.1 Å². The van der Waals surface area contributed by atoms with E-state index < -0.39 is 6.03 Å². The molecule has 1 aliphatic carbocycles. The van der Waals surface area contributed by atoms with Crippen molar-refractivity contribution in [2.75, 3.05) is 0 Å². The summed E-state index contributed by atoms with van der Waals surface area (Å²) in [6.45, 7) is 3.99. The van der Waals surface area contributed by atoms with Crippen LogP contribution in [0.4, 0.5) is 4.79 Å². The number of primary amides is 1. The normalized spacial score (nSPS) is 17.8. The fraction of sp³-hybridized carbons (Fsp3) is 0.556. The SMILES string of the molecule is CC1=C(/C(C)=N\NC(N)=O)CCC1. The molecular formula is C9H15N3O. The Bertz CT molecular complexity index is 279. The standard InChI is InChI=1S/C9H15N3O/c1-6-4-3-5-8(6)7(2)11-12-9(10)13/h3-5H2,1-2H3,(H3,10,12,13)/b11-7-. The maximum atomic E-state index is 10.4. The summed E-state index contributed by atoms with van der Waals surface area (Å²) in [5.74, 6) is 0. The highest BCUT2D eigenvalue weighted by molar-refractivity contribution is 5.99. The lowest BCUT2D eigenvalue weighted by Crippen LogP contribution is -2.25. The minimum absolute atomic E-state index is 0.615. The molecule has 1 rings (SSSR count). The highest BCUT2D eigenvalue weighted by Gasteiger charge is 2.12.